The summed E-state index contributed by atoms with van der Waals surface area (Å²) in [5.41, 5.74) is 2.84. The molecule has 1 N–H and O–H groups in total. The molecule has 1 aliphatic carbocycles. The number of benzene rings is 3. The van der Waals surface area contributed by atoms with Crippen molar-refractivity contribution in [3.05, 3.63) is 76.9 Å². The Morgan fingerprint density at radius 2 is 1.89 bits per heavy atom. The summed E-state index contributed by atoms with van der Waals surface area (Å²) in [6.07, 6.45) is 0.633. The smallest absolute Gasteiger partial charge is 0.343 e. The van der Waals surface area contributed by atoms with Gasteiger partial charge < -0.3 is 28.8 Å². The molecule has 0 saturated carbocycles. The van der Waals surface area contributed by atoms with E-state index in [1.165, 1.54) is 12.1 Å². The Morgan fingerprint density at radius 3 is 2.66 bits per heavy atom. The lowest BCUT2D eigenvalue weighted by Crippen LogP contribution is -2.32. The first kappa shape index (κ1) is 21.3. The summed E-state index contributed by atoms with van der Waals surface area (Å²) < 4.78 is 27.9. The highest BCUT2D eigenvalue weighted by molar-refractivity contribution is 5.91. The van der Waals surface area contributed by atoms with E-state index in [1.54, 1.807) is 43.5 Å². The van der Waals surface area contributed by atoms with Gasteiger partial charge in [0.2, 0.25) is 12.5 Å². The van der Waals surface area contributed by atoms with Gasteiger partial charge in [-0.3, -0.25) is 4.79 Å². The molecule has 3 aromatic rings. The lowest BCUT2D eigenvalue weighted by Gasteiger charge is -2.34. The topological polar surface area (TPSA) is 101 Å². The monoisotopic (exact) mass is 474 g/mol. The number of hydrogen-bond acceptors (Lipinski definition) is 8. The maximum atomic E-state index is 12.8. The van der Waals surface area contributed by atoms with E-state index in [2.05, 4.69) is 0 Å². The predicted octanol–water partition coefficient (Wildman–Crippen LogP) is 3.83. The van der Waals surface area contributed by atoms with Crippen molar-refractivity contribution in [1.82, 2.24) is 0 Å². The van der Waals surface area contributed by atoms with E-state index in [9.17, 15) is 14.7 Å². The summed E-state index contributed by atoms with van der Waals surface area (Å²) in [6.45, 7) is 0.422. The first-order valence-electron chi connectivity index (χ1n) is 11.3. The molecule has 178 valence electrons. The van der Waals surface area contributed by atoms with Gasteiger partial charge in [0.15, 0.2) is 23.0 Å². The predicted molar refractivity (Wildman–Crippen MR) is 122 cm³/mol. The third kappa shape index (κ3) is 3.44. The lowest BCUT2D eigenvalue weighted by atomic mass is 9.67. The lowest BCUT2D eigenvalue weighted by molar-refractivity contribution is -0.141. The van der Waals surface area contributed by atoms with E-state index in [1.807, 2.05) is 6.07 Å². The fourth-order valence-corrected chi connectivity index (χ4v) is 5.35. The minimum atomic E-state index is -0.578. The number of phenols is 1. The minimum absolute atomic E-state index is 0.0252. The maximum absolute atomic E-state index is 12.8. The number of esters is 2. The van der Waals surface area contributed by atoms with E-state index >= 15 is 0 Å². The molecular weight excluding hydrogens is 452 g/mol. The van der Waals surface area contributed by atoms with Crippen LogP contribution in [0.25, 0.3) is 0 Å². The molecule has 0 spiro atoms. The number of fused-ring (bicyclic) bond motifs is 3. The molecule has 6 rings (SSSR count). The SMILES string of the molecule is COc1c2c(cc3c1[C@H](c1ccc(OC(=O)c4ccccc4)c(O)c1)[C@H]1C(=O)OC[C@@H]1C3)OCO2. The number of carbonyl (C=O) groups excluding carboxylic acids is 2. The van der Waals surface area contributed by atoms with Gasteiger partial charge in [-0.1, -0.05) is 24.3 Å². The van der Waals surface area contributed by atoms with Crippen LogP contribution in [0.1, 0.15) is 33.0 Å². The van der Waals surface area contributed by atoms with Crippen LogP contribution in [0.2, 0.25) is 0 Å². The van der Waals surface area contributed by atoms with Crippen molar-refractivity contribution in [2.45, 2.75) is 12.3 Å². The van der Waals surface area contributed by atoms with Gasteiger partial charge >= 0.3 is 11.9 Å². The van der Waals surface area contributed by atoms with Crippen molar-refractivity contribution in [2.75, 3.05) is 20.5 Å². The van der Waals surface area contributed by atoms with Crippen LogP contribution in [0, 0.1) is 11.8 Å². The van der Waals surface area contributed by atoms with E-state index in [-0.39, 0.29) is 30.2 Å². The van der Waals surface area contributed by atoms with Crippen LogP contribution in [-0.2, 0) is 16.0 Å². The van der Waals surface area contributed by atoms with Crippen molar-refractivity contribution in [2.24, 2.45) is 11.8 Å². The number of phenolic OH excluding ortho intramolecular Hbond substituents is 1. The van der Waals surface area contributed by atoms with Gasteiger partial charge in [0.25, 0.3) is 0 Å². The molecule has 3 aromatic carbocycles. The molecule has 8 nitrogen and oxygen atoms in total. The second-order valence-corrected chi connectivity index (χ2v) is 8.80. The van der Waals surface area contributed by atoms with Crippen molar-refractivity contribution in [1.29, 1.82) is 0 Å². The molecule has 0 bridgehead atoms. The van der Waals surface area contributed by atoms with E-state index in [0.717, 1.165) is 11.1 Å². The van der Waals surface area contributed by atoms with Crippen LogP contribution < -0.4 is 18.9 Å². The standard InChI is InChI=1S/C27H22O8/c1-31-25-22-16(11-20-24(25)34-13-33-20)9-17-12-32-27(30)23(17)21(22)15-7-8-19(18(28)10-15)35-26(29)14-5-3-2-4-6-14/h2-8,10-11,17,21,23,28H,9,12-13H2,1H3/t17-,21-,23-/m0/s1. The average Bonchev–Trinajstić information content (AvgIpc) is 3.49. The Balaban J connectivity index is 1.42. The van der Waals surface area contributed by atoms with Gasteiger partial charge in [-0.25, -0.2) is 4.79 Å². The Kier molecular flexibility index (Phi) is 5.02. The zero-order valence-electron chi connectivity index (χ0n) is 18.9. The summed E-state index contributed by atoms with van der Waals surface area (Å²) in [5.74, 6) is -0.354. The Labute approximate surface area is 200 Å². The highest BCUT2D eigenvalue weighted by Gasteiger charge is 2.49. The number of rotatable bonds is 4. The molecule has 8 heteroatoms. The van der Waals surface area contributed by atoms with Gasteiger partial charge in [-0.2, -0.15) is 0 Å². The number of carbonyl (C=O) groups is 2. The van der Waals surface area contributed by atoms with Crippen molar-refractivity contribution in [3.8, 4) is 28.7 Å². The Hall–Kier alpha value is -4.20. The normalized spacial score (nSPS) is 21.6. The van der Waals surface area contributed by atoms with Crippen LogP contribution in [0.4, 0.5) is 0 Å². The molecule has 1 saturated heterocycles. The third-order valence-corrected chi connectivity index (χ3v) is 6.87. The molecular formula is C27H22O8. The number of aromatic hydroxyl groups is 1. The zero-order chi connectivity index (χ0) is 24.1. The van der Waals surface area contributed by atoms with Crippen LogP contribution in [0.15, 0.2) is 54.6 Å². The van der Waals surface area contributed by atoms with Gasteiger partial charge in [-0.05, 0) is 47.9 Å². The fourth-order valence-electron chi connectivity index (χ4n) is 5.35. The van der Waals surface area contributed by atoms with Crippen LogP contribution in [-0.4, -0.2) is 37.6 Å². The van der Waals surface area contributed by atoms with Crippen LogP contribution in [0.5, 0.6) is 28.7 Å². The minimum Gasteiger partial charge on any atom is -0.504 e. The highest BCUT2D eigenvalue weighted by Crippen LogP contribution is 2.56. The quantitative estimate of drug-likeness (QED) is 0.450. The molecule has 1 fully saturated rings. The molecule has 35 heavy (non-hydrogen) atoms. The third-order valence-electron chi connectivity index (χ3n) is 6.87. The van der Waals surface area contributed by atoms with Crippen molar-refractivity contribution in [3.63, 3.8) is 0 Å². The molecule has 3 atom stereocenters. The summed E-state index contributed by atoms with van der Waals surface area (Å²) in [5, 5.41) is 10.8. The molecule has 2 aliphatic heterocycles. The molecule has 0 aromatic heterocycles. The molecule has 2 heterocycles. The zero-order valence-corrected chi connectivity index (χ0v) is 18.9. The van der Waals surface area contributed by atoms with Crippen LogP contribution >= 0.6 is 0 Å². The number of hydrogen-bond donors (Lipinski definition) is 1. The van der Waals surface area contributed by atoms with Gasteiger partial charge in [-0.15, -0.1) is 0 Å². The highest BCUT2D eigenvalue weighted by atomic mass is 16.7. The first-order valence-corrected chi connectivity index (χ1v) is 11.3. The van der Waals surface area contributed by atoms with E-state index in [4.69, 9.17) is 23.7 Å². The average molecular weight is 474 g/mol. The maximum Gasteiger partial charge on any atom is 0.343 e. The van der Waals surface area contributed by atoms with Crippen molar-refractivity contribution < 1.29 is 38.4 Å². The van der Waals surface area contributed by atoms with Gasteiger partial charge in [0.1, 0.15) is 0 Å². The van der Waals surface area contributed by atoms with Gasteiger partial charge in [0.05, 0.1) is 25.2 Å². The van der Waals surface area contributed by atoms with Crippen LogP contribution in [0.3, 0.4) is 0 Å². The summed E-state index contributed by atoms with van der Waals surface area (Å²) in [6, 6.07) is 15.3. The molecule has 0 radical (unpaired) electrons. The second kappa shape index (κ2) is 8.23. The van der Waals surface area contributed by atoms with Crippen molar-refractivity contribution >= 4 is 11.9 Å². The molecule has 0 amide bonds. The van der Waals surface area contributed by atoms with E-state index < -0.39 is 17.8 Å². The molecule has 3 aliphatic rings. The van der Waals surface area contributed by atoms with Gasteiger partial charge in [0, 0.05) is 17.4 Å². The first-order chi connectivity index (χ1) is 17.0. The molecule has 0 unspecified atom stereocenters. The summed E-state index contributed by atoms with van der Waals surface area (Å²) in [7, 11) is 1.55. The Morgan fingerprint density at radius 1 is 1.06 bits per heavy atom. The van der Waals surface area contributed by atoms with E-state index in [0.29, 0.717) is 41.4 Å². The Bertz CT molecular complexity index is 1330. The number of methoxy groups -OCH3 is 1. The second-order valence-electron chi connectivity index (χ2n) is 8.80. The summed E-state index contributed by atoms with van der Waals surface area (Å²) in [4.78, 5) is 25.3. The number of ether oxygens (including phenoxy) is 5. The summed E-state index contributed by atoms with van der Waals surface area (Å²) >= 11 is 0. The largest absolute Gasteiger partial charge is 0.504 e. The fraction of sp³-hybridized carbons (Fsp3) is 0.259. The number of cyclic esters (lactones) is 1.